The third kappa shape index (κ3) is 2.76. The van der Waals surface area contributed by atoms with E-state index in [9.17, 15) is 0 Å². The topological polar surface area (TPSA) is 32.5 Å². The van der Waals surface area contributed by atoms with Gasteiger partial charge in [-0.1, -0.05) is 48.9 Å². The van der Waals surface area contributed by atoms with Crippen LogP contribution in [-0.2, 0) is 12.0 Å². The van der Waals surface area contributed by atoms with Crippen molar-refractivity contribution in [3.05, 3.63) is 65.2 Å². The number of benzene rings is 2. The standard InChI is InChI=1S/C22H29N3/c1-24(2)20-11-6-10-18-19(20)15-25(21(18)14-23)16-22(12-7-13-22)17-8-4-3-5-9-17/h3-6,8-11,21H,7,12-16,23H2,1-2H3. The molecule has 2 aliphatic rings. The quantitative estimate of drug-likeness (QED) is 0.904. The van der Waals surface area contributed by atoms with Gasteiger partial charge < -0.3 is 10.6 Å². The first-order chi connectivity index (χ1) is 12.1. The first kappa shape index (κ1) is 16.6. The Morgan fingerprint density at radius 3 is 2.44 bits per heavy atom. The number of nitrogens with zero attached hydrogens (tertiary/aromatic N) is 2. The Hall–Kier alpha value is -1.84. The summed E-state index contributed by atoms with van der Waals surface area (Å²) < 4.78 is 0. The second-order valence-corrected chi connectivity index (χ2v) is 7.90. The molecule has 1 atom stereocenters. The molecule has 0 spiro atoms. The minimum absolute atomic E-state index is 0.314. The molecule has 1 fully saturated rings. The number of anilines is 1. The Labute approximate surface area is 151 Å². The van der Waals surface area contributed by atoms with Crippen molar-refractivity contribution in [1.29, 1.82) is 0 Å². The fourth-order valence-corrected chi connectivity index (χ4v) is 4.77. The van der Waals surface area contributed by atoms with Gasteiger partial charge in [0.15, 0.2) is 0 Å². The van der Waals surface area contributed by atoms with Crippen LogP contribution >= 0.6 is 0 Å². The molecule has 1 aliphatic heterocycles. The van der Waals surface area contributed by atoms with E-state index in [-0.39, 0.29) is 0 Å². The fraction of sp³-hybridized carbons (Fsp3) is 0.455. The molecule has 1 unspecified atom stereocenters. The van der Waals surface area contributed by atoms with Crippen molar-refractivity contribution in [1.82, 2.24) is 4.90 Å². The fourth-order valence-electron chi connectivity index (χ4n) is 4.77. The van der Waals surface area contributed by atoms with Crippen molar-refractivity contribution in [2.45, 2.75) is 37.3 Å². The zero-order valence-electron chi connectivity index (χ0n) is 15.4. The molecule has 132 valence electrons. The second-order valence-electron chi connectivity index (χ2n) is 7.90. The van der Waals surface area contributed by atoms with Gasteiger partial charge in [-0.15, -0.1) is 0 Å². The smallest absolute Gasteiger partial charge is 0.0478 e. The highest BCUT2D eigenvalue weighted by Gasteiger charge is 2.43. The van der Waals surface area contributed by atoms with Crippen LogP contribution in [0.2, 0.25) is 0 Å². The Bertz CT molecular complexity index is 734. The van der Waals surface area contributed by atoms with Crippen LogP contribution in [0.4, 0.5) is 5.69 Å². The van der Waals surface area contributed by atoms with Crippen LogP contribution in [0.1, 0.15) is 42.0 Å². The van der Waals surface area contributed by atoms with Crippen LogP contribution < -0.4 is 10.6 Å². The number of hydrogen-bond acceptors (Lipinski definition) is 3. The van der Waals surface area contributed by atoms with Crippen molar-refractivity contribution >= 4 is 5.69 Å². The van der Waals surface area contributed by atoms with E-state index in [0.29, 0.717) is 18.0 Å². The normalized spacial score (nSPS) is 21.6. The summed E-state index contributed by atoms with van der Waals surface area (Å²) in [7, 11) is 4.26. The van der Waals surface area contributed by atoms with Crippen LogP contribution in [0.15, 0.2) is 48.5 Å². The summed E-state index contributed by atoms with van der Waals surface area (Å²) in [5.74, 6) is 0. The predicted molar refractivity (Wildman–Crippen MR) is 105 cm³/mol. The number of nitrogens with two attached hydrogens (primary N) is 1. The third-order valence-electron chi connectivity index (χ3n) is 6.26. The van der Waals surface area contributed by atoms with Crippen molar-refractivity contribution in [3.8, 4) is 0 Å². The largest absolute Gasteiger partial charge is 0.377 e. The van der Waals surface area contributed by atoms with Gasteiger partial charge in [-0.25, -0.2) is 0 Å². The van der Waals surface area contributed by atoms with Crippen LogP contribution in [-0.4, -0.2) is 32.1 Å². The van der Waals surface area contributed by atoms with Crippen LogP contribution in [0.25, 0.3) is 0 Å². The van der Waals surface area contributed by atoms with Crippen LogP contribution in [0.5, 0.6) is 0 Å². The average Bonchev–Trinajstić information content (AvgIpc) is 2.95. The van der Waals surface area contributed by atoms with E-state index in [1.807, 2.05) is 0 Å². The third-order valence-corrected chi connectivity index (χ3v) is 6.26. The summed E-state index contributed by atoms with van der Waals surface area (Å²) in [5, 5.41) is 0. The molecular formula is C22H29N3. The lowest BCUT2D eigenvalue weighted by molar-refractivity contribution is 0.113. The monoisotopic (exact) mass is 335 g/mol. The molecule has 1 heterocycles. The summed E-state index contributed by atoms with van der Waals surface area (Å²) in [6.45, 7) is 2.81. The van der Waals surface area contributed by atoms with Crippen molar-refractivity contribution < 1.29 is 0 Å². The van der Waals surface area contributed by atoms with E-state index < -0.39 is 0 Å². The lowest BCUT2D eigenvalue weighted by Gasteiger charge is -2.46. The molecule has 3 heteroatoms. The van der Waals surface area contributed by atoms with Gasteiger partial charge in [-0.2, -0.15) is 0 Å². The predicted octanol–water partition coefficient (Wildman–Crippen LogP) is 3.69. The maximum absolute atomic E-state index is 6.23. The highest BCUT2D eigenvalue weighted by Crippen LogP contribution is 2.47. The molecule has 1 saturated carbocycles. The molecule has 1 aliphatic carbocycles. The van der Waals surface area contributed by atoms with Crippen molar-refractivity contribution in [2.24, 2.45) is 5.73 Å². The molecule has 4 rings (SSSR count). The van der Waals surface area contributed by atoms with Gasteiger partial charge in [0.1, 0.15) is 0 Å². The zero-order valence-corrected chi connectivity index (χ0v) is 15.4. The maximum Gasteiger partial charge on any atom is 0.0478 e. The minimum atomic E-state index is 0.314. The first-order valence-corrected chi connectivity index (χ1v) is 9.43. The SMILES string of the molecule is CN(C)c1cccc2c1CN(CC1(c3ccccc3)CCC1)C2CN. The Balaban J connectivity index is 1.64. The Kier molecular flexibility index (Phi) is 4.30. The molecule has 0 radical (unpaired) electrons. The van der Waals surface area contributed by atoms with Crippen molar-refractivity contribution in [3.63, 3.8) is 0 Å². The molecule has 2 aromatic rings. The molecule has 0 saturated heterocycles. The summed E-state index contributed by atoms with van der Waals surface area (Å²) in [6.07, 6.45) is 3.93. The van der Waals surface area contributed by atoms with E-state index in [2.05, 4.69) is 72.4 Å². The highest BCUT2D eigenvalue weighted by molar-refractivity contribution is 5.58. The van der Waals surface area contributed by atoms with Gasteiger partial charge in [0.05, 0.1) is 0 Å². The molecule has 3 nitrogen and oxygen atoms in total. The molecule has 0 bridgehead atoms. The summed E-state index contributed by atoms with van der Waals surface area (Å²) in [6, 6.07) is 18.1. The number of fused-ring (bicyclic) bond motifs is 1. The van der Waals surface area contributed by atoms with Crippen LogP contribution in [0.3, 0.4) is 0 Å². The lowest BCUT2D eigenvalue weighted by Crippen LogP contribution is -2.46. The molecule has 0 amide bonds. The van der Waals surface area contributed by atoms with E-state index in [4.69, 9.17) is 5.73 Å². The van der Waals surface area contributed by atoms with Gasteiger partial charge in [0.2, 0.25) is 0 Å². The minimum Gasteiger partial charge on any atom is -0.377 e. The lowest BCUT2D eigenvalue weighted by atomic mass is 9.64. The number of hydrogen-bond donors (Lipinski definition) is 1. The molecule has 0 aromatic heterocycles. The van der Waals surface area contributed by atoms with Gasteiger partial charge >= 0.3 is 0 Å². The average molecular weight is 335 g/mol. The van der Waals surface area contributed by atoms with Crippen molar-refractivity contribution in [2.75, 3.05) is 32.1 Å². The second kappa shape index (κ2) is 6.47. The molecule has 2 aromatic carbocycles. The van der Waals surface area contributed by atoms with E-state index in [0.717, 1.165) is 13.1 Å². The van der Waals surface area contributed by atoms with Gasteiger partial charge in [0.25, 0.3) is 0 Å². The summed E-state index contributed by atoms with van der Waals surface area (Å²) in [4.78, 5) is 4.86. The van der Waals surface area contributed by atoms with Gasteiger partial charge in [-0.3, -0.25) is 4.90 Å². The zero-order chi connectivity index (χ0) is 17.4. The van der Waals surface area contributed by atoms with Gasteiger partial charge in [0, 0.05) is 50.9 Å². The van der Waals surface area contributed by atoms with E-state index in [1.54, 1.807) is 0 Å². The van der Waals surface area contributed by atoms with E-state index >= 15 is 0 Å². The summed E-state index contributed by atoms with van der Waals surface area (Å²) in [5.41, 5.74) is 12.3. The molecular weight excluding hydrogens is 306 g/mol. The Morgan fingerprint density at radius 1 is 1.08 bits per heavy atom. The van der Waals surface area contributed by atoms with Crippen LogP contribution in [0, 0.1) is 0 Å². The Morgan fingerprint density at radius 2 is 1.84 bits per heavy atom. The van der Waals surface area contributed by atoms with E-state index in [1.165, 1.54) is 41.6 Å². The molecule has 25 heavy (non-hydrogen) atoms. The van der Waals surface area contributed by atoms with Gasteiger partial charge in [-0.05, 0) is 35.6 Å². The summed E-state index contributed by atoms with van der Waals surface area (Å²) >= 11 is 0. The number of rotatable bonds is 5. The first-order valence-electron chi connectivity index (χ1n) is 9.43. The highest BCUT2D eigenvalue weighted by atomic mass is 15.2. The molecule has 2 N–H and O–H groups in total. The maximum atomic E-state index is 6.23.